The Hall–Kier alpha value is -2.62. The smallest absolute Gasteiger partial charge is 0.246 e. The standard InChI is InChI=1S/C19H24N6O/c20-14-15-17(26)22-18(23-19(15)7-3-1-4-8-19)25-12-10-24(11-13-25)16-6-2-5-9-21-16/h2,5-6,9,15H,1,3-4,7-8,10-13H2,(H,22,23,26). The van der Waals surface area contributed by atoms with Crippen molar-refractivity contribution in [3.05, 3.63) is 24.4 Å². The van der Waals surface area contributed by atoms with E-state index in [0.29, 0.717) is 5.96 Å². The summed E-state index contributed by atoms with van der Waals surface area (Å²) in [5, 5.41) is 12.4. The SMILES string of the molecule is N#CC1C(=O)NC(N2CCN(c3ccccn3)CC2)=NC12CCCCC2. The summed E-state index contributed by atoms with van der Waals surface area (Å²) in [5.74, 6) is 0.784. The van der Waals surface area contributed by atoms with Crippen LogP contribution in [0, 0.1) is 17.2 Å². The molecule has 1 saturated heterocycles. The molecule has 3 heterocycles. The number of amides is 1. The van der Waals surface area contributed by atoms with Gasteiger partial charge in [-0.25, -0.2) is 9.98 Å². The number of rotatable bonds is 1. The molecule has 1 atom stereocenters. The van der Waals surface area contributed by atoms with Gasteiger partial charge in [0, 0.05) is 32.4 Å². The van der Waals surface area contributed by atoms with Crippen LogP contribution in [0.1, 0.15) is 32.1 Å². The first-order valence-electron chi connectivity index (χ1n) is 9.43. The van der Waals surface area contributed by atoms with Crippen LogP contribution in [0.2, 0.25) is 0 Å². The van der Waals surface area contributed by atoms with Crippen molar-refractivity contribution in [1.29, 1.82) is 5.26 Å². The van der Waals surface area contributed by atoms with Crippen molar-refractivity contribution in [2.75, 3.05) is 31.1 Å². The number of anilines is 1. The van der Waals surface area contributed by atoms with Crippen LogP contribution in [0.15, 0.2) is 29.4 Å². The Balaban J connectivity index is 1.51. The summed E-state index contributed by atoms with van der Waals surface area (Å²) in [6, 6.07) is 8.14. The van der Waals surface area contributed by atoms with Gasteiger partial charge in [0.2, 0.25) is 11.9 Å². The van der Waals surface area contributed by atoms with E-state index >= 15 is 0 Å². The molecule has 0 aromatic carbocycles. The summed E-state index contributed by atoms with van der Waals surface area (Å²) in [7, 11) is 0. The highest BCUT2D eigenvalue weighted by Crippen LogP contribution is 2.39. The molecule has 1 aliphatic carbocycles. The molecule has 0 bridgehead atoms. The number of aliphatic imine (C=N–C) groups is 1. The third-order valence-corrected chi connectivity index (χ3v) is 5.76. The van der Waals surface area contributed by atoms with Gasteiger partial charge in [-0.15, -0.1) is 0 Å². The molecule has 1 aromatic heterocycles. The van der Waals surface area contributed by atoms with Gasteiger partial charge < -0.3 is 9.80 Å². The maximum absolute atomic E-state index is 12.6. The van der Waals surface area contributed by atoms with Crippen molar-refractivity contribution in [2.45, 2.75) is 37.6 Å². The van der Waals surface area contributed by atoms with Crippen molar-refractivity contribution >= 4 is 17.7 Å². The number of carbonyl (C=O) groups excluding carboxylic acids is 1. The van der Waals surface area contributed by atoms with Crippen molar-refractivity contribution in [1.82, 2.24) is 15.2 Å². The second-order valence-corrected chi connectivity index (χ2v) is 7.31. The molecule has 3 aliphatic rings. The molecule has 2 fully saturated rings. The van der Waals surface area contributed by atoms with Gasteiger partial charge >= 0.3 is 0 Å². The van der Waals surface area contributed by atoms with E-state index in [1.807, 2.05) is 24.4 Å². The van der Waals surface area contributed by atoms with Gasteiger partial charge in [-0.3, -0.25) is 10.1 Å². The Morgan fingerprint density at radius 2 is 1.85 bits per heavy atom. The quantitative estimate of drug-likeness (QED) is 0.829. The Morgan fingerprint density at radius 3 is 2.50 bits per heavy atom. The lowest BCUT2D eigenvalue weighted by atomic mass is 9.72. The molecule has 26 heavy (non-hydrogen) atoms. The minimum absolute atomic E-state index is 0.188. The van der Waals surface area contributed by atoms with Crippen LogP contribution >= 0.6 is 0 Å². The number of aromatic nitrogens is 1. The second-order valence-electron chi connectivity index (χ2n) is 7.31. The molecule has 1 N–H and O–H groups in total. The molecule has 2 aliphatic heterocycles. The number of pyridine rings is 1. The third kappa shape index (κ3) is 3.00. The molecule has 1 amide bonds. The normalized spacial score (nSPS) is 25.4. The Bertz CT molecular complexity index is 726. The summed E-state index contributed by atoms with van der Waals surface area (Å²) in [6.45, 7) is 3.23. The lowest BCUT2D eigenvalue weighted by Gasteiger charge is -2.43. The summed E-state index contributed by atoms with van der Waals surface area (Å²) < 4.78 is 0. The third-order valence-electron chi connectivity index (χ3n) is 5.76. The maximum atomic E-state index is 12.6. The van der Waals surface area contributed by atoms with Gasteiger partial charge in [0.05, 0.1) is 11.6 Å². The highest BCUT2D eigenvalue weighted by atomic mass is 16.2. The Morgan fingerprint density at radius 1 is 1.12 bits per heavy atom. The molecule has 1 unspecified atom stereocenters. The largest absolute Gasteiger partial charge is 0.353 e. The zero-order valence-electron chi connectivity index (χ0n) is 14.9. The van der Waals surface area contributed by atoms with Crippen LogP contribution in [-0.2, 0) is 4.79 Å². The van der Waals surface area contributed by atoms with E-state index in [2.05, 4.69) is 26.2 Å². The Labute approximate surface area is 153 Å². The first-order chi connectivity index (χ1) is 12.7. The van der Waals surface area contributed by atoms with Crippen LogP contribution in [0.25, 0.3) is 0 Å². The first kappa shape index (κ1) is 16.8. The van der Waals surface area contributed by atoms with Crippen molar-refractivity contribution in [3.8, 4) is 6.07 Å². The zero-order valence-corrected chi connectivity index (χ0v) is 14.9. The average Bonchev–Trinajstić information content (AvgIpc) is 2.69. The van der Waals surface area contributed by atoms with Crippen LogP contribution in [0.4, 0.5) is 5.82 Å². The molecule has 1 spiro atoms. The number of nitrogens with one attached hydrogen (secondary N) is 1. The highest BCUT2D eigenvalue weighted by molar-refractivity contribution is 6.02. The molecule has 0 radical (unpaired) electrons. The molecular weight excluding hydrogens is 328 g/mol. The van der Waals surface area contributed by atoms with E-state index in [1.165, 1.54) is 0 Å². The van der Waals surface area contributed by atoms with Crippen LogP contribution < -0.4 is 10.2 Å². The number of nitrogens with zero attached hydrogens (tertiary/aromatic N) is 5. The molecular formula is C19H24N6O. The monoisotopic (exact) mass is 352 g/mol. The second kappa shape index (κ2) is 6.94. The van der Waals surface area contributed by atoms with E-state index in [0.717, 1.165) is 64.1 Å². The predicted octanol–water partition coefficient (Wildman–Crippen LogP) is 1.53. The van der Waals surface area contributed by atoms with Crippen LogP contribution in [0.5, 0.6) is 0 Å². The van der Waals surface area contributed by atoms with Gasteiger partial charge in [0.15, 0.2) is 5.92 Å². The number of nitriles is 1. The average molecular weight is 352 g/mol. The molecule has 1 aromatic rings. The van der Waals surface area contributed by atoms with E-state index in [4.69, 9.17) is 4.99 Å². The minimum Gasteiger partial charge on any atom is -0.353 e. The first-order valence-corrected chi connectivity index (χ1v) is 9.43. The fourth-order valence-electron chi connectivity index (χ4n) is 4.31. The highest BCUT2D eigenvalue weighted by Gasteiger charge is 2.48. The van der Waals surface area contributed by atoms with E-state index in [-0.39, 0.29) is 5.91 Å². The van der Waals surface area contributed by atoms with Crippen molar-refractivity contribution in [3.63, 3.8) is 0 Å². The topological polar surface area (TPSA) is 84.6 Å². The van der Waals surface area contributed by atoms with Gasteiger partial charge in [-0.2, -0.15) is 5.26 Å². The van der Waals surface area contributed by atoms with Gasteiger partial charge in [-0.1, -0.05) is 25.3 Å². The predicted molar refractivity (Wildman–Crippen MR) is 98.5 cm³/mol. The summed E-state index contributed by atoms with van der Waals surface area (Å²) in [4.78, 5) is 26.3. The van der Waals surface area contributed by atoms with Crippen LogP contribution in [-0.4, -0.2) is 53.5 Å². The fraction of sp³-hybridized carbons (Fsp3) is 0.579. The lowest BCUT2D eigenvalue weighted by Crippen LogP contribution is -2.60. The van der Waals surface area contributed by atoms with E-state index in [9.17, 15) is 10.1 Å². The zero-order chi connectivity index (χ0) is 18.0. The number of carbonyl (C=O) groups is 1. The molecule has 7 heteroatoms. The minimum atomic E-state index is -0.665. The molecule has 4 rings (SSSR count). The summed E-state index contributed by atoms with van der Waals surface area (Å²) in [6.07, 6.45) is 6.70. The number of piperazine rings is 1. The molecule has 1 saturated carbocycles. The molecule has 136 valence electrons. The van der Waals surface area contributed by atoms with Crippen molar-refractivity contribution < 1.29 is 4.79 Å². The summed E-state index contributed by atoms with van der Waals surface area (Å²) in [5.41, 5.74) is -0.525. The van der Waals surface area contributed by atoms with Gasteiger partial charge in [-0.05, 0) is 25.0 Å². The lowest BCUT2D eigenvalue weighted by molar-refractivity contribution is -0.125. The maximum Gasteiger partial charge on any atom is 0.246 e. The number of hydrogen-bond acceptors (Lipinski definition) is 6. The van der Waals surface area contributed by atoms with Crippen LogP contribution in [0.3, 0.4) is 0 Å². The van der Waals surface area contributed by atoms with Crippen molar-refractivity contribution in [2.24, 2.45) is 10.9 Å². The number of guanidine groups is 1. The number of hydrogen-bond donors (Lipinski definition) is 1. The fourth-order valence-corrected chi connectivity index (χ4v) is 4.31. The Kier molecular flexibility index (Phi) is 4.49. The van der Waals surface area contributed by atoms with E-state index in [1.54, 1.807) is 0 Å². The molecule has 7 nitrogen and oxygen atoms in total. The van der Waals surface area contributed by atoms with E-state index < -0.39 is 11.5 Å². The summed E-state index contributed by atoms with van der Waals surface area (Å²) >= 11 is 0. The van der Waals surface area contributed by atoms with Gasteiger partial charge in [0.1, 0.15) is 5.82 Å². The van der Waals surface area contributed by atoms with Gasteiger partial charge in [0.25, 0.3) is 0 Å².